The van der Waals surface area contributed by atoms with E-state index in [4.69, 9.17) is 9.47 Å². The molecule has 8 heteroatoms. The number of nitrogens with one attached hydrogen (secondary N) is 1. The van der Waals surface area contributed by atoms with Gasteiger partial charge >= 0.3 is 11.9 Å². The molecule has 0 spiro atoms. The summed E-state index contributed by atoms with van der Waals surface area (Å²) >= 11 is 3.04. The van der Waals surface area contributed by atoms with Gasteiger partial charge in [0.25, 0.3) is 5.91 Å². The summed E-state index contributed by atoms with van der Waals surface area (Å²) in [6.45, 7) is 3.52. The zero-order valence-electron chi connectivity index (χ0n) is 18.4. The number of esters is 2. The number of carbonyl (C=O) groups excluding carboxylic acids is 3. The lowest BCUT2D eigenvalue weighted by Crippen LogP contribution is -2.29. The molecule has 1 aromatic carbocycles. The van der Waals surface area contributed by atoms with E-state index in [9.17, 15) is 14.4 Å². The number of aryl methyl sites for hydroxylation is 1. The molecule has 170 valence electrons. The molecule has 0 radical (unpaired) electrons. The summed E-state index contributed by atoms with van der Waals surface area (Å²) in [7, 11) is 0. The number of ether oxygens (including phenoxy) is 2. The number of hydrogen-bond acceptors (Lipinski definition) is 7. The lowest BCUT2D eigenvalue weighted by Gasteiger charge is -2.13. The van der Waals surface area contributed by atoms with Gasteiger partial charge in [0.15, 0.2) is 6.10 Å². The van der Waals surface area contributed by atoms with E-state index in [1.165, 1.54) is 24.3 Å². The molecule has 0 saturated heterocycles. The smallest absolute Gasteiger partial charge is 0.341 e. The Morgan fingerprint density at radius 1 is 1.19 bits per heavy atom. The Morgan fingerprint density at radius 3 is 2.59 bits per heavy atom. The second-order valence-electron chi connectivity index (χ2n) is 7.31. The van der Waals surface area contributed by atoms with Gasteiger partial charge in [-0.2, -0.15) is 0 Å². The van der Waals surface area contributed by atoms with Crippen LogP contribution in [0.5, 0.6) is 0 Å². The van der Waals surface area contributed by atoms with Crippen LogP contribution < -0.4 is 5.32 Å². The number of anilines is 1. The zero-order chi connectivity index (χ0) is 23.1. The molecule has 1 aliphatic carbocycles. The third kappa shape index (κ3) is 6.01. The van der Waals surface area contributed by atoms with Crippen molar-refractivity contribution in [2.45, 2.75) is 50.5 Å². The van der Waals surface area contributed by atoms with Crippen molar-refractivity contribution in [1.29, 1.82) is 0 Å². The van der Waals surface area contributed by atoms with Crippen LogP contribution in [-0.4, -0.2) is 36.8 Å². The second-order valence-corrected chi connectivity index (χ2v) is 9.30. The highest BCUT2D eigenvalue weighted by Crippen LogP contribution is 2.38. The fourth-order valence-electron chi connectivity index (χ4n) is 3.43. The molecule has 0 saturated carbocycles. The Bertz CT molecular complexity index is 1010. The quantitative estimate of drug-likeness (QED) is 0.326. The van der Waals surface area contributed by atoms with E-state index in [0.717, 1.165) is 46.6 Å². The summed E-state index contributed by atoms with van der Waals surface area (Å²) in [5.41, 5.74) is 2.27. The average molecular weight is 474 g/mol. The van der Waals surface area contributed by atoms with Crippen LogP contribution in [0.15, 0.2) is 35.2 Å². The van der Waals surface area contributed by atoms with Gasteiger partial charge in [0.05, 0.1) is 12.2 Å². The number of fused-ring (bicyclic) bond motifs is 1. The first-order valence-electron chi connectivity index (χ1n) is 10.6. The number of amides is 1. The maximum atomic E-state index is 12.7. The Kier molecular flexibility index (Phi) is 8.53. The Morgan fingerprint density at radius 2 is 1.91 bits per heavy atom. The fourth-order valence-corrected chi connectivity index (χ4v) is 5.12. The minimum absolute atomic E-state index is 0.261. The molecule has 1 N–H and O–H groups in total. The maximum Gasteiger partial charge on any atom is 0.341 e. The number of benzene rings is 1. The molecule has 1 aliphatic rings. The van der Waals surface area contributed by atoms with E-state index in [-0.39, 0.29) is 6.61 Å². The maximum absolute atomic E-state index is 12.7. The molecular weight excluding hydrogens is 446 g/mol. The van der Waals surface area contributed by atoms with Gasteiger partial charge in [-0.3, -0.25) is 4.79 Å². The van der Waals surface area contributed by atoms with Crippen molar-refractivity contribution in [3.8, 4) is 0 Å². The molecule has 6 nitrogen and oxygen atoms in total. The molecule has 0 fully saturated rings. The van der Waals surface area contributed by atoms with Crippen LogP contribution in [0.3, 0.4) is 0 Å². The Balaban J connectivity index is 1.64. The van der Waals surface area contributed by atoms with Crippen molar-refractivity contribution in [2.24, 2.45) is 0 Å². The number of hydrogen-bond donors (Lipinski definition) is 1. The van der Waals surface area contributed by atoms with Gasteiger partial charge in [-0.25, -0.2) is 9.59 Å². The Hall–Kier alpha value is -2.58. The van der Waals surface area contributed by atoms with E-state index in [1.807, 2.05) is 30.5 Å². The summed E-state index contributed by atoms with van der Waals surface area (Å²) in [6.07, 6.45) is 7.66. The SMILES string of the molecule is CCOC(=O)c1c(NC(=O)C(C)OC(=O)C=Cc2ccc(SC)cc2)sc2c1CCCC2. The molecule has 32 heavy (non-hydrogen) atoms. The molecule has 2 aromatic rings. The summed E-state index contributed by atoms with van der Waals surface area (Å²) < 4.78 is 10.5. The van der Waals surface area contributed by atoms with Gasteiger partial charge in [-0.05, 0) is 75.1 Å². The van der Waals surface area contributed by atoms with E-state index in [0.29, 0.717) is 10.6 Å². The van der Waals surface area contributed by atoms with Crippen molar-refractivity contribution in [3.63, 3.8) is 0 Å². The van der Waals surface area contributed by atoms with Crippen LogP contribution in [0.25, 0.3) is 6.08 Å². The predicted octanol–water partition coefficient (Wildman–Crippen LogP) is 5.11. The molecule has 3 rings (SSSR count). The van der Waals surface area contributed by atoms with E-state index in [2.05, 4.69) is 5.32 Å². The molecule has 0 aliphatic heterocycles. The van der Waals surface area contributed by atoms with Crippen molar-refractivity contribution in [3.05, 3.63) is 51.9 Å². The van der Waals surface area contributed by atoms with Gasteiger partial charge in [0.2, 0.25) is 0 Å². The second kappa shape index (κ2) is 11.3. The van der Waals surface area contributed by atoms with Gasteiger partial charge in [-0.15, -0.1) is 23.1 Å². The third-order valence-corrected chi connectivity index (χ3v) is 7.03. The molecule has 0 bridgehead atoms. The lowest BCUT2D eigenvalue weighted by molar-refractivity contribution is -0.148. The van der Waals surface area contributed by atoms with Crippen molar-refractivity contribution >= 4 is 52.0 Å². The largest absolute Gasteiger partial charge is 0.462 e. The highest BCUT2D eigenvalue weighted by Gasteiger charge is 2.28. The molecule has 1 heterocycles. The van der Waals surface area contributed by atoms with Crippen molar-refractivity contribution in [1.82, 2.24) is 0 Å². The first-order valence-corrected chi connectivity index (χ1v) is 12.6. The van der Waals surface area contributed by atoms with Crippen LogP contribution in [-0.2, 0) is 31.9 Å². The van der Waals surface area contributed by atoms with E-state index < -0.39 is 23.9 Å². The number of rotatable bonds is 8. The number of thioether (sulfide) groups is 1. The fraction of sp³-hybridized carbons (Fsp3) is 0.375. The van der Waals surface area contributed by atoms with Crippen LogP contribution >= 0.6 is 23.1 Å². The minimum atomic E-state index is -1.01. The summed E-state index contributed by atoms with van der Waals surface area (Å²) in [5, 5.41) is 3.24. The van der Waals surface area contributed by atoms with Crippen molar-refractivity contribution < 1.29 is 23.9 Å². The van der Waals surface area contributed by atoms with E-state index in [1.54, 1.807) is 24.8 Å². The molecule has 1 atom stereocenters. The van der Waals surface area contributed by atoms with Crippen LogP contribution in [0.1, 0.15) is 53.1 Å². The first-order chi connectivity index (χ1) is 15.4. The van der Waals surface area contributed by atoms with E-state index >= 15 is 0 Å². The predicted molar refractivity (Wildman–Crippen MR) is 128 cm³/mol. The number of thiophene rings is 1. The first kappa shape index (κ1) is 24.1. The summed E-state index contributed by atoms with van der Waals surface area (Å²) in [4.78, 5) is 39.6. The molecule has 1 unspecified atom stereocenters. The lowest BCUT2D eigenvalue weighted by atomic mass is 9.95. The summed E-state index contributed by atoms with van der Waals surface area (Å²) in [5.74, 6) is -1.53. The molecule has 1 amide bonds. The van der Waals surface area contributed by atoms with Gasteiger partial charge in [-0.1, -0.05) is 12.1 Å². The van der Waals surface area contributed by atoms with Gasteiger partial charge < -0.3 is 14.8 Å². The highest BCUT2D eigenvalue weighted by molar-refractivity contribution is 7.98. The third-order valence-electron chi connectivity index (χ3n) is 5.08. The number of carbonyl (C=O) groups is 3. The topological polar surface area (TPSA) is 81.7 Å². The molecular formula is C24H27NO5S2. The standard InChI is InChI=1S/C24H27NO5S2/c1-4-29-24(28)21-18-7-5-6-8-19(18)32-23(21)25-22(27)15(2)30-20(26)14-11-16-9-12-17(31-3)13-10-16/h9-15H,4-8H2,1-3H3,(H,25,27). The molecule has 1 aromatic heterocycles. The normalized spacial score (nSPS) is 14.0. The Labute approximate surface area is 196 Å². The zero-order valence-corrected chi connectivity index (χ0v) is 20.1. The van der Waals surface area contributed by atoms with Crippen LogP contribution in [0.4, 0.5) is 5.00 Å². The average Bonchev–Trinajstić information content (AvgIpc) is 3.16. The van der Waals surface area contributed by atoms with Crippen LogP contribution in [0, 0.1) is 0 Å². The summed E-state index contributed by atoms with van der Waals surface area (Å²) in [6, 6.07) is 7.74. The van der Waals surface area contributed by atoms with Gasteiger partial charge in [0, 0.05) is 15.8 Å². The van der Waals surface area contributed by atoms with Crippen LogP contribution in [0.2, 0.25) is 0 Å². The monoisotopic (exact) mass is 473 g/mol. The van der Waals surface area contributed by atoms with Gasteiger partial charge in [0.1, 0.15) is 5.00 Å². The highest BCUT2D eigenvalue weighted by atomic mass is 32.2. The van der Waals surface area contributed by atoms with Crippen molar-refractivity contribution in [2.75, 3.05) is 18.2 Å². The minimum Gasteiger partial charge on any atom is -0.462 e.